The molecule has 0 radical (unpaired) electrons. The maximum absolute atomic E-state index is 14.3. The molecule has 7 heteroatoms. The van der Waals surface area contributed by atoms with Crippen molar-refractivity contribution >= 4 is 0 Å². The van der Waals surface area contributed by atoms with Gasteiger partial charge < -0.3 is 14.0 Å². The molecule has 2 aromatic heterocycles. The van der Waals surface area contributed by atoms with Gasteiger partial charge in [0, 0.05) is 17.7 Å². The Morgan fingerprint density at radius 2 is 1.85 bits per heavy atom. The van der Waals surface area contributed by atoms with Gasteiger partial charge in [-0.15, -0.1) is 0 Å². The van der Waals surface area contributed by atoms with Gasteiger partial charge in [0.1, 0.15) is 6.61 Å². The van der Waals surface area contributed by atoms with Crippen molar-refractivity contribution < 1.29 is 22.8 Å². The minimum atomic E-state index is -0.821. The zero-order valence-electron chi connectivity index (χ0n) is 14.5. The predicted molar refractivity (Wildman–Crippen MR) is 90.9 cm³/mol. The van der Waals surface area contributed by atoms with Crippen LogP contribution in [0.25, 0.3) is 11.3 Å². The van der Waals surface area contributed by atoms with Gasteiger partial charge in [0.2, 0.25) is 5.88 Å². The molecular weight excluding hydrogens is 342 g/mol. The molecule has 3 aromatic rings. The average Bonchev–Trinajstić information content (AvgIpc) is 3.04. The Kier molecular flexibility index (Phi) is 5.46. The fourth-order valence-corrected chi connectivity index (χ4v) is 2.34. The van der Waals surface area contributed by atoms with Crippen LogP contribution in [-0.2, 0) is 6.61 Å². The van der Waals surface area contributed by atoms with Crippen LogP contribution in [0.3, 0.4) is 0 Å². The first kappa shape index (κ1) is 17.8. The number of pyridine rings is 1. The number of benzene rings is 1. The van der Waals surface area contributed by atoms with Gasteiger partial charge >= 0.3 is 0 Å². The minimum Gasteiger partial charge on any atom is -0.479 e. The van der Waals surface area contributed by atoms with Crippen molar-refractivity contribution in [3.63, 3.8) is 0 Å². The second-order valence-corrected chi connectivity index (χ2v) is 5.70. The van der Waals surface area contributed by atoms with E-state index in [-0.39, 0.29) is 6.61 Å². The van der Waals surface area contributed by atoms with Crippen molar-refractivity contribution in [2.24, 2.45) is 0 Å². The molecule has 0 aliphatic rings. The number of halogens is 2. The molecule has 26 heavy (non-hydrogen) atoms. The molecule has 0 unspecified atom stereocenters. The van der Waals surface area contributed by atoms with E-state index in [0.717, 1.165) is 6.42 Å². The molecule has 1 aromatic carbocycles. The highest BCUT2D eigenvalue weighted by atomic mass is 19.1. The average molecular weight is 360 g/mol. The van der Waals surface area contributed by atoms with Crippen molar-refractivity contribution in [3.8, 4) is 22.9 Å². The van der Waals surface area contributed by atoms with Crippen molar-refractivity contribution in [2.75, 3.05) is 6.61 Å². The van der Waals surface area contributed by atoms with Crippen molar-refractivity contribution in [2.45, 2.75) is 26.9 Å². The maximum atomic E-state index is 14.3. The summed E-state index contributed by atoms with van der Waals surface area (Å²) in [5.74, 6) is -1.32. The number of aryl methyl sites for hydroxylation is 1. The number of hydrogen-bond donors (Lipinski definition) is 0. The SMILES string of the molecule is CCCOc1cccc(-c2cc(F)c(OCc3cc(C)no3)c(F)c2)n1. The lowest BCUT2D eigenvalue weighted by Crippen LogP contribution is -2.01. The van der Waals surface area contributed by atoms with E-state index < -0.39 is 17.4 Å². The number of hydrogen-bond acceptors (Lipinski definition) is 5. The molecular formula is C19H18F2N2O3. The highest BCUT2D eigenvalue weighted by molar-refractivity contribution is 5.61. The van der Waals surface area contributed by atoms with Crippen LogP contribution in [0.4, 0.5) is 8.78 Å². The largest absolute Gasteiger partial charge is 0.479 e. The second kappa shape index (κ2) is 7.95. The third-order valence-electron chi connectivity index (χ3n) is 3.51. The van der Waals surface area contributed by atoms with Gasteiger partial charge in [0.15, 0.2) is 23.1 Å². The van der Waals surface area contributed by atoms with Gasteiger partial charge in [-0.2, -0.15) is 0 Å². The standard InChI is InChI=1S/C19H18F2N2O3/c1-3-7-24-18-6-4-5-17(22-18)13-9-15(20)19(16(21)10-13)25-11-14-8-12(2)23-26-14/h4-6,8-10H,3,7,11H2,1-2H3. The van der Waals surface area contributed by atoms with Gasteiger partial charge in [-0.1, -0.05) is 18.1 Å². The quantitative estimate of drug-likeness (QED) is 0.612. The Hall–Kier alpha value is -2.96. The number of rotatable bonds is 7. The van der Waals surface area contributed by atoms with E-state index in [9.17, 15) is 8.78 Å². The molecule has 0 fully saturated rings. The Morgan fingerprint density at radius 1 is 1.08 bits per heavy atom. The van der Waals surface area contributed by atoms with E-state index in [1.807, 2.05) is 6.92 Å². The third kappa shape index (κ3) is 4.17. The molecule has 0 saturated carbocycles. The molecule has 2 heterocycles. The predicted octanol–water partition coefficient (Wildman–Crippen LogP) is 4.69. The summed E-state index contributed by atoms with van der Waals surface area (Å²) < 4.78 is 44.3. The number of ether oxygens (including phenoxy) is 2. The first-order chi connectivity index (χ1) is 12.6. The van der Waals surface area contributed by atoms with Gasteiger partial charge in [-0.3, -0.25) is 0 Å². The number of aromatic nitrogens is 2. The molecule has 0 N–H and O–H groups in total. The molecule has 0 atom stereocenters. The van der Waals surface area contributed by atoms with Gasteiger partial charge in [-0.25, -0.2) is 13.8 Å². The monoisotopic (exact) mass is 360 g/mol. The fraction of sp³-hybridized carbons (Fsp3) is 0.263. The minimum absolute atomic E-state index is 0.118. The lowest BCUT2D eigenvalue weighted by molar-refractivity contribution is 0.230. The van der Waals surface area contributed by atoms with Crippen LogP contribution < -0.4 is 9.47 Å². The van der Waals surface area contributed by atoms with Crippen LogP contribution in [0.15, 0.2) is 40.9 Å². The summed E-state index contributed by atoms with van der Waals surface area (Å²) in [4.78, 5) is 4.27. The van der Waals surface area contributed by atoms with E-state index in [4.69, 9.17) is 14.0 Å². The van der Waals surface area contributed by atoms with Gasteiger partial charge in [0.05, 0.1) is 18.0 Å². The van der Waals surface area contributed by atoms with Crippen molar-refractivity contribution in [3.05, 3.63) is 59.5 Å². The van der Waals surface area contributed by atoms with E-state index in [1.54, 1.807) is 31.2 Å². The third-order valence-corrected chi connectivity index (χ3v) is 3.51. The van der Waals surface area contributed by atoms with Crippen LogP contribution in [0.5, 0.6) is 11.6 Å². The summed E-state index contributed by atoms with van der Waals surface area (Å²) in [6.07, 6.45) is 0.839. The van der Waals surface area contributed by atoms with Crippen LogP contribution in [0.1, 0.15) is 24.8 Å². The highest BCUT2D eigenvalue weighted by Crippen LogP contribution is 2.29. The zero-order chi connectivity index (χ0) is 18.5. The van der Waals surface area contributed by atoms with Crippen LogP contribution in [0, 0.1) is 18.6 Å². The summed E-state index contributed by atoms with van der Waals surface area (Å²) >= 11 is 0. The van der Waals surface area contributed by atoms with E-state index in [1.165, 1.54) is 12.1 Å². The van der Waals surface area contributed by atoms with E-state index in [0.29, 0.717) is 35.2 Å². The van der Waals surface area contributed by atoms with E-state index >= 15 is 0 Å². The zero-order valence-corrected chi connectivity index (χ0v) is 14.5. The Labute approximate surface area is 149 Å². The highest BCUT2D eigenvalue weighted by Gasteiger charge is 2.15. The van der Waals surface area contributed by atoms with Crippen LogP contribution >= 0.6 is 0 Å². The molecule has 0 aliphatic carbocycles. The maximum Gasteiger partial charge on any atom is 0.213 e. The normalized spacial score (nSPS) is 10.8. The molecule has 5 nitrogen and oxygen atoms in total. The van der Waals surface area contributed by atoms with E-state index in [2.05, 4.69) is 10.1 Å². The second-order valence-electron chi connectivity index (χ2n) is 5.70. The lowest BCUT2D eigenvalue weighted by Gasteiger charge is -2.10. The molecule has 136 valence electrons. The Balaban J connectivity index is 1.80. The summed E-state index contributed by atoms with van der Waals surface area (Å²) in [6, 6.07) is 9.06. The fourth-order valence-electron chi connectivity index (χ4n) is 2.34. The number of nitrogens with zero attached hydrogens (tertiary/aromatic N) is 2. The smallest absolute Gasteiger partial charge is 0.213 e. The first-order valence-corrected chi connectivity index (χ1v) is 8.21. The summed E-state index contributed by atoms with van der Waals surface area (Å²) in [7, 11) is 0. The van der Waals surface area contributed by atoms with Crippen molar-refractivity contribution in [1.29, 1.82) is 0 Å². The first-order valence-electron chi connectivity index (χ1n) is 8.21. The van der Waals surface area contributed by atoms with Crippen LogP contribution in [-0.4, -0.2) is 16.7 Å². The molecule has 3 rings (SSSR count). The molecule has 0 amide bonds. The summed E-state index contributed by atoms with van der Waals surface area (Å²) in [5.41, 5.74) is 1.37. The summed E-state index contributed by atoms with van der Waals surface area (Å²) in [6.45, 7) is 4.13. The lowest BCUT2D eigenvalue weighted by atomic mass is 10.1. The summed E-state index contributed by atoms with van der Waals surface area (Å²) in [5, 5.41) is 3.69. The van der Waals surface area contributed by atoms with Crippen molar-refractivity contribution in [1.82, 2.24) is 10.1 Å². The Morgan fingerprint density at radius 3 is 2.50 bits per heavy atom. The van der Waals surface area contributed by atoms with Gasteiger partial charge in [0.25, 0.3) is 0 Å². The molecule has 0 bridgehead atoms. The van der Waals surface area contributed by atoms with Crippen LogP contribution in [0.2, 0.25) is 0 Å². The molecule has 0 spiro atoms. The molecule has 0 saturated heterocycles. The molecule has 0 aliphatic heterocycles. The van der Waals surface area contributed by atoms with Gasteiger partial charge in [-0.05, 0) is 31.5 Å². The Bertz CT molecular complexity index is 873. The topological polar surface area (TPSA) is 57.4 Å².